The van der Waals surface area contributed by atoms with Gasteiger partial charge in [-0.2, -0.15) is 5.10 Å². The highest BCUT2D eigenvalue weighted by Crippen LogP contribution is 2.15. The van der Waals surface area contributed by atoms with E-state index in [9.17, 15) is 9.59 Å². The molecule has 25 heavy (non-hydrogen) atoms. The van der Waals surface area contributed by atoms with E-state index in [4.69, 9.17) is 9.84 Å². The second-order valence-electron chi connectivity index (χ2n) is 5.08. The zero-order chi connectivity index (χ0) is 17.8. The first-order chi connectivity index (χ1) is 12.0. The molecule has 0 saturated carbocycles. The maximum atomic E-state index is 11.3. The van der Waals surface area contributed by atoms with Crippen molar-refractivity contribution in [1.82, 2.24) is 19.9 Å². The summed E-state index contributed by atoms with van der Waals surface area (Å²) in [5.74, 6) is -0.201. The van der Waals surface area contributed by atoms with Gasteiger partial charge in [-0.05, 0) is 30.3 Å². The summed E-state index contributed by atoms with van der Waals surface area (Å²) in [7, 11) is 1.51. The van der Waals surface area contributed by atoms with Gasteiger partial charge in [-0.15, -0.1) is 0 Å². The van der Waals surface area contributed by atoms with E-state index in [1.807, 2.05) is 0 Å². The van der Waals surface area contributed by atoms with Crippen molar-refractivity contribution in [1.29, 1.82) is 0 Å². The number of carboxylic acids is 1. The third kappa shape index (κ3) is 3.83. The molecule has 0 spiro atoms. The number of aromatic carboxylic acids is 1. The average Bonchev–Trinajstić information content (AvgIpc) is 3.01. The van der Waals surface area contributed by atoms with Crippen molar-refractivity contribution in [2.75, 3.05) is 12.4 Å². The van der Waals surface area contributed by atoms with E-state index in [2.05, 4.69) is 20.7 Å². The second kappa shape index (κ2) is 6.87. The van der Waals surface area contributed by atoms with Gasteiger partial charge in [0.15, 0.2) is 11.5 Å². The van der Waals surface area contributed by atoms with Crippen LogP contribution in [0.25, 0.3) is 5.65 Å². The molecule has 0 saturated heterocycles. The van der Waals surface area contributed by atoms with Gasteiger partial charge >= 0.3 is 12.0 Å². The molecule has 2 heterocycles. The van der Waals surface area contributed by atoms with Crippen molar-refractivity contribution in [2.24, 2.45) is 0 Å². The van der Waals surface area contributed by atoms with Crippen LogP contribution in [0.2, 0.25) is 0 Å². The maximum absolute atomic E-state index is 11.3. The number of aromatic nitrogens is 3. The van der Waals surface area contributed by atoms with Crippen molar-refractivity contribution in [3.63, 3.8) is 0 Å². The van der Waals surface area contributed by atoms with Gasteiger partial charge in [0.2, 0.25) is 0 Å². The first-order valence-corrected chi connectivity index (χ1v) is 7.35. The lowest BCUT2D eigenvalue weighted by Gasteiger charge is -2.06. The molecule has 3 aromatic rings. The second-order valence-corrected chi connectivity index (χ2v) is 5.08. The number of nitrogens with one attached hydrogen (secondary N) is 2. The van der Waals surface area contributed by atoms with Crippen molar-refractivity contribution >= 4 is 23.5 Å². The number of carbonyl (C=O) groups is 2. The lowest BCUT2D eigenvalue weighted by Crippen LogP contribution is -2.24. The van der Waals surface area contributed by atoms with Gasteiger partial charge in [-0.1, -0.05) is 6.07 Å². The highest BCUT2D eigenvalue weighted by atomic mass is 16.5. The fourth-order valence-corrected chi connectivity index (χ4v) is 2.11. The van der Waals surface area contributed by atoms with Crippen LogP contribution in [0.5, 0.6) is 5.75 Å². The van der Waals surface area contributed by atoms with Crippen LogP contribution in [0.3, 0.4) is 0 Å². The Kier molecular flexibility index (Phi) is 4.46. The van der Waals surface area contributed by atoms with Crippen LogP contribution in [0, 0.1) is 0 Å². The molecule has 0 aliphatic carbocycles. The maximum Gasteiger partial charge on any atom is 0.335 e. The van der Waals surface area contributed by atoms with Gasteiger partial charge in [0.05, 0.1) is 17.5 Å². The summed E-state index contributed by atoms with van der Waals surface area (Å²) < 4.78 is 7.11. The van der Waals surface area contributed by atoms with E-state index in [1.54, 1.807) is 30.5 Å². The largest absolute Gasteiger partial charge is 0.487 e. The molecule has 0 aliphatic rings. The predicted octanol–water partition coefficient (Wildman–Crippen LogP) is 1.76. The van der Waals surface area contributed by atoms with E-state index >= 15 is 0 Å². The standard InChI is InChI=1S/C16H15N5O4/c1-17-16(24)19-13-8-21-14(18-13)6-5-11(20-21)9-25-12-4-2-3-10(7-12)15(22)23/h2-8H,9H2,1H3,(H,22,23)(H2,17,19,24). The van der Waals surface area contributed by atoms with Crippen LogP contribution >= 0.6 is 0 Å². The Morgan fingerprint density at radius 1 is 1.28 bits per heavy atom. The van der Waals surface area contributed by atoms with Crippen molar-refractivity contribution in [3.05, 3.63) is 53.9 Å². The monoisotopic (exact) mass is 341 g/mol. The predicted molar refractivity (Wildman–Crippen MR) is 88.8 cm³/mol. The topological polar surface area (TPSA) is 118 Å². The zero-order valence-corrected chi connectivity index (χ0v) is 13.3. The summed E-state index contributed by atoms with van der Waals surface area (Å²) in [6.45, 7) is 0.162. The highest BCUT2D eigenvalue weighted by Gasteiger charge is 2.08. The lowest BCUT2D eigenvalue weighted by atomic mass is 10.2. The van der Waals surface area contributed by atoms with Crippen LogP contribution in [-0.4, -0.2) is 38.8 Å². The van der Waals surface area contributed by atoms with Gasteiger partial charge in [0.1, 0.15) is 12.4 Å². The number of anilines is 1. The quantitative estimate of drug-likeness (QED) is 0.651. The molecule has 3 rings (SSSR count). The van der Waals surface area contributed by atoms with E-state index < -0.39 is 5.97 Å². The molecule has 0 atom stereocenters. The van der Waals surface area contributed by atoms with Gasteiger partial charge in [0, 0.05) is 7.05 Å². The molecule has 0 aliphatic heterocycles. The Labute approximate surface area is 142 Å². The van der Waals surface area contributed by atoms with Crippen LogP contribution in [0.4, 0.5) is 10.6 Å². The lowest BCUT2D eigenvalue weighted by molar-refractivity contribution is 0.0696. The molecule has 0 bridgehead atoms. The molecule has 1 aromatic carbocycles. The minimum atomic E-state index is -1.01. The smallest absolute Gasteiger partial charge is 0.335 e. The Balaban J connectivity index is 1.72. The fourth-order valence-electron chi connectivity index (χ4n) is 2.11. The number of fused-ring (bicyclic) bond motifs is 1. The number of carboxylic acid groups (broad SMARTS) is 1. The summed E-state index contributed by atoms with van der Waals surface area (Å²) in [6, 6.07) is 9.34. The zero-order valence-electron chi connectivity index (χ0n) is 13.3. The molecule has 9 nitrogen and oxygen atoms in total. The number of imidazole rings is 1. The van der Waals surface area contributed by atoms with Gasteiger partial charge < -0.3 is 15.2 Å². The third-order valence-corrected chi connectivity index (χ3v) is 3.31. The average molecular weight is 341 g/mol. The molecule has 9 heteroatoms. The Bertz CT molecular complexity index is 937. The molecule has 128 valence electrons. The molecule has 0 unspecified atom stereocenters. The summed E-state index contributed by atoms with van der Waals surface area (Å²) >= 11 is 0. The summed E-state index contributed by atoms with van der Waals surface area (Å²) in [6.07, 6.45) is 1.58. The summed E-state index contributed by atoms with van der Waals surface area (Å²) in [5.41, 5.74) is 1.35. The van der Waals surface area contributed by atoms with Crippen LogP contribution in [0.15, 0.2) is 42.6 Å². The Morgan fingerprint density at radius 3 is 2.88 bits per heavy atom. The van der Waals surface area contributed by atoms with Gasteiger partial charge in [-0.25, -0.2) is 19.1 Å². The third-order valence-electron chi connectivity index (χ3n) is 3.31. The number of urea groups is 1. The SMILES string of the molecule is CNC(=O)Nc1cn2nc(COc3cccc(C(=O)O)c3)ccc2n1. The van der Waals surface area contributed by atoms with E-state index in [0.717, 1.165) is 0 Å². The highest BCUT2D eigenvalue weighted by molar-refractivity contribution is 5.88. The van der Waals surface area contributed by atoms with Crippen molar-refractivity contribution in [2.45, 2.75) is 6.61 Å². The molecule has 2 amide bonds. The molecule has 0 radical (unpaired) electrons. The number of benzene rings is 1. The number of ether oxygens (including phenoxy) is 1. The van der Waals surface area contributed by atoms with Crippen molar-refractivity contribution in [3.8, 4) is 5.75 Å². The van der Waals surface area contributed by atoms with Crippen LogP contribution in [-0.2, 0) is 6.61 Å². The minimum absolute atomic E-state index is 0.153. The molecule has 3 N–H and O–H groups in total. The Hall–Kier alpha value is -3.62. The first kappa shape index (κ1) is 16.2. The summed E-state index contributed by atoms with van der Waals surface area (Å²) in [4.78, 5) is 26.5. The number of rotatable bonds is 5. The molecule has 0 fully saturated rings. The first-order valence-electron chi connectivity index (χ1n) is 7.35. The number of amides is 2. The van der Waals surface area contributed by atoms with Crippen LogP contribution in [0.1, 0.15) is 16.1 Å². The molecular weight excluding hydrogens is 326 g/mol. The van der Waals surface area contributed by atoms with Crippen molar-refractivity contribution < 1.29 is 19.4 Å². The van der Waals surface area contributed by atoms with Gasteiger partial charge in [0.25, 0.3) is 0 Å². The molecule has 2 aromatic heterocycles. The number of carbonyl (C=O) groups excluding carboxylic acids is 1. The van der Waals surface area contributed by atoms with Crippen LogP contribution < -0.4 is 15.4 Å². The molecular formula is C16H15N5O4. The van der Waals surface area contributed by atoms with Gasteiger partial charge in [-0.3, -0.25) is 5.32 Å². The fraction of sp³-hybridized carbons (Fsp3) is 0.125. The number of hydrogen-bond acceptors (Lipinski definition) is 5. The normalized spacial score (nSPS) is 10.4. The van der Waals surface area contributed by atoms with E-state index in [0.29, 0.717) is 22.9 Å². The summed E-state index contributed by atoms with van der Waals surface area (Å²) in [5, 5.41) is 18.3. The number of hydrogen-bond donors (Lipinski definition) is 3. The number of nitrogens with zero attached hydrogens (tertiary/aromatic N) is 3. The van der Waals surface area contributed by atoms with E-state index in [1.165, 1.54) is 23.7 Å². The van der Waals surface area contributed by atoms with E-state index in [-0.39, 0.29) is 18.2 Å². The Morgan fingerprint density at radius 2 is 2.12 bits per heavy atom. The minimum Gasteiger partial charge on any atom is -0.487 e.